The van der Waals surface area contributed by atoms with Gasteiger partial charge in [-0.3, -0.25) is 4.79 Å². The molecule has 0 saturated carbocycles. The fraction of sp³-hybridized carbons (Fsp3) is 0.308. The lowest BCUT2D eigenvalue weighted by atomic mass is 10.1. The second kappa shape index (κ2) is 7.90. The number of hydrogen-bond acceptors (Lipinski definition) is 2. The van der Waals surface area contributed by atoms with E-state index < -0.39 is 0 Å². The largest absolute Gasteiger partial charge is 0.348 e. The molecule has 0 spiro atoms. The van der Waals surface area contributed by atoms with Crippen LogP contribution in [0.25, 0.3) is 0 Å². The molecule has 2 N–H and O–H groups in total. The first-order valence-corrected chi connectivity index (χ1v) is 6.96. The summed E-state index contributed by atoms with van der Waals surface area (Å²) in [5.41, 5.74) is 1.77. The Bertz CT molecular complexity index is 492. The van der Waals surface area contributed by atoms with Gasteiger partial charge in [-0.05, 0) is 31.2 Å². The zero-order chi connectivity index (χ0) is 13.0. The first-order valence-electron chi connectivity index (χ1n) is 5.78. The number of carbonyl (C=O) groups excluding carboxylic acids is 1. The van der Waals surface area contributed by atoms with Crippen molar-refractivity contribution in [3.8, 4) is 0 Å². The molecule has 104 valence electrons. The van der Waals surface area contributed by atoms with Crippen molar-refractivity contribution in [1.82, 2.24) is 10.6 Å². The maximum atomic E-state index is 12.0. The molecule has 1 aliphatic rings. The van der Waals surface area contributed by atoms with Gasteiger partial charge in [0.2, 0.25) is 0 Å². The third kappa shape index (κ3) is 4.80. The van der Waals surface area contributed by atoms with Crippen molar-refractivity contribution in [3.63, 3.8) is 0 Å². The fourth-order valence-electron chi connectivity index (χ4n) is 1.79. The van der Waals surface area contributed by atoms with Gasteiger partial charge in [0.25, 0.3) is 5.91 Å². The van der Waals surface area contributed by atoms with Gasteiger partial charge in [-0.1, -0.05) is 39.2 Å². The lowest BCUT2D eigenvalue weighted by Crippen LogP contribution is -2.29. The summed E-state index contributed by atoms with van der Waals surface area (Å²) >= 11 is 9.35. The van der Waals surface area contributed by atoms with E-state index in [-0.39, 0.29) is 18.3 Å². The fourth-order valence-corrected chi connectivity index (χ4v) is 2.55. The predicted molar refractivity (Wildman–Crippen MR) is 84.3 cm³/mol. The van der Waals surface area contributed by atoms with Crippen LogP contribution in [-0.2, 0) is 0 Å². The minimum Gasteiger partial charge on any atom is -0.348 e. The van der Waals surface area contributed by atoms with Crippen LogP contribution in [0.5, 0.6) is 0 Å². The normalized spacial score (nSPS) is 14.3. The van der Waals surface area contributed by atoms with Crippen LogP contribution in [0.1, 0.15) is 16.8 Å². The quantitative estimate of drug-likeness (QED) is 0.807. The van der Waals surface area contributed by atoms with Gasteiger partial charge in [0, 0.05) is 17.6 Å². The maximum absolute atomic E-state index is 12.0. The van der Waals surface area contributed by atoms with Crippen molar-refractivity contribution >= 4 is 45.8 Å². The summed E-state index contributed by atoms with van der Waals surface area (Å²) in [6, 6.07) is 5.25. The van der Waals surface area contributed by atoms with E-state index in [9.17, 15) is 4.79 Å². The molecule has 0 saturated heterocycles. The van der Waals surface area contributed by atoms with Gasteiger partial charge in [-0.15, -0.1) is 12.4 Å². The van der Waals surface area contributed by atoms with Gasteiger partial charge in [0.1, 0.15) is 0 Å². The Labute approximate surface area is 132 Å². The number of hydrogen-bond donors (Lipinski definition) is 2. The Morgan fingerprint density at radius 1 is 1.47 bits per heavy atom. The molecule has 0 aromatic heterocycles. The molecular weight excluding hydrogens is 351 g/mol. The highest BCUT2D eigenvalue weighted by molar-refractivity contribution is 9.10. The second-order valence-corrected chi connectivity index (χ2v) is 5.45. The van der Waals surface area contributed by atoms with Gasteiger partial charge in [-0.2, -0.15) is 0 Å². The first kappa shape index (κ1) is 16.5. The van der Waals surface area contributed by atoms with Crippen LogP contribution < -0.4 is 10.6 Å². The highest BCUT2D eigenvalue weighted by atomic mass is 79.9. The van der Waals surface area contributed by atoms with E-state index >= 15 is 0 Å². The van der Waals surface area contributed by atoms with Crippen molar-refractivity contribution in [3.05, 3.63) is 44.9 Å². The third-order valence-corrected chi connectivity index (χ3v) is 3.62. The second-order valence-electron chi connectivity index (χ2n) is 4.12. The van der Waals surface area contributed by atoms with Crippen LogP contribution in [0.15, 0.2) is 34.3 Å². The molecule has 1 amide bonds. The Morgan fingerprint density at radius 3 is 2.89 bits per heavy atom. The van der Waals surface area contributed by atoms with Crippen molar-refractivity contribution in [2.75, 3.05) is 19.6 Å². The summed E-state index contributed by atoms with van der Waals surface area (Å²) in [5, 5.41) is 6.59. The van der Waals surface area contributed by atoms with Crippen molar-refractivity contribution in [2.45, 2.75) is 6.42 Å². The van der Waals surface area contributed by atoms with Crippen LogP contribution in [0.3, 0.4) is 0 Å². The molecule has 19 heavy (non-hydrogen) atoms. The van der Waals surface area contributed by atoms with E-state index in [1.807, 2.05) is 6.07 Å². The molecule has 6 heteroatoms. The molecule has 0 bridgehead atoms. The molecular formula is C13H15BrCl2N2O. The summed E-state index contributed by atoms with van der Waals surface area (Å²) in [4.78, 5) is 12.0. The number of rotatable bonds is 3. The smallest absolute Gasteiger partial charge is 0.253 e. The van der Waals surface area contributed by atoms with E-state index in [0.717, 1.165) is 24.0 Å². The molecule has 1 heterocycles. The molecule has 0 unspecified atom stereocenters. The predicted octanol–water partition coefficient (Wildman–Crippen LogP) is 3.17. The first-order chi connectivity index (χ1) is 8.66. The SMILES string of the molecule is Cl.O=C(NCC1=CCNCC1)c1ccc(Br)cc1Cl. The van der Waals surface area contributed by atoms with E-state index in [1.54, 1.807) is 12.1 Å². The van der Waals surface area contributed by atoms with Crippen molar-refractivity contribution in [2.24, 2.45) is 0 Å². The summed E-state index contributed by atoms with van der Waals surface area (Å²) < 4.78 is 0.866. The molecule has 1 aromatic rings. The molecule has 0 fully saturated rings. The number of benzene rings is 1. The van der Waals surface area contributed by atoms with Crippen LogP contribution in [0, 0.1) is 0 Å². The lowest BCUT2D eigenvalue weighted by Gasteiger charge is -2.14. The Hall–Kier alpha value is -0.550. The van der Waals surface area contributed by atoms with Gasteiger partial charge in [0.05, 0.1) is 10.6 Å². The topological polar surface area (TPSA) is 41.1 Å². The molecule has 1 aliphatic heterocycles. The lowest BCUT2D eigenvalue weighted by molar-refractivity contribution is 0.0957. The van der Waals surface area contributed by atoms with Crippen LogP contribution in [0.4, 0.5) is 0 Å². The zero-order valence-electron chi connectivity index (χ0n) is 10.2. The van der Waals surface area contributed by atoms with Gasteiger partial charge in [-0.25, -0.2) is 0 Å². The van der Waals surface area contributed by atoms with Gasteiger partial charge >= 0.3 is 0 Å². The molecule has 2 rings (SSSR count). The zero-order valence-corrected chi connectivity index (χ0v) is 13.4. The summed E-state index contributed by atoms with van der Waals surface area (Å²) in [6.45, 7) is 2.44. The summed E-state index contributed by atoms with van der Waals surface area (Å²) in [6.07, 6.45) is 3.10. The minimum atomic E-state index is -0.132. The summed E-state index contributed by atoms with van der Waals surface area (Å²) in [7, 11) is 0. The summed E-state index contributed by atoms with van der Waals surface area (Å²) in [5.74, 6) is -0.132. The number of amides is 1. The number of halogens is 3. The number of carbonyl (C=O) groups is 1. The van der Waals surface area contributed by atoms with E-state index in [4.69, 9.17) is 11.6 Å². The van der Waals surface area contributed by atoms with Crippen LogP contribution >= 0.6 is 39.9 Å². The standard InChI is InChI=1S/C13H14BrClN2O.ClH/c14-10-1-2-11(12(15)7-10)13(18)17-8-9-3-5-16-6-4-9;/h1-3,7,16H,4-6,8H2,(H,17,18);1H. The Balaban J connectivity index is 0.00000180. The maximum Gasteiger partial charge on any atom is 0.253 e. The third-order valence-electron chi connectivity index (χ3n) is 2.81. The van der Waals surface area contributed by atoms with Gasteiger partial charge < -0.3 is 10.6 Å². The highest BCUT2D eigenvalue weighted by Gasteiger charge is 2.11. The van der Waals surface area contributed by atoms with E-state index in [0.29, 0.717) is 17.1 Å². The highest BCUT2D eigenvalue weighted by Crippen LogP contribution is 2.21. The average molecular weight is 366 g/mol. The van der Waals surface area contributed by atoms with Crippen molar-refractivity contribution in [1.29, 1.82) is 0 Å². The van der Waals surface area contributed by atoms with Gasteiger partial charge in [0.15, 0.2) is 0 Å². The van der Waals surface area contributed by atoms with E-state index in [1.165, 1.54) is 5.57 Å². The Kier molecular flexibility index (Phi) is 6.86. The number of nitrogens with one attached hydrogen (secondary N) is 2. The Morgan fingerprint density at radius 2 is 2.26 bits per heavy atom. The molecule has 0 radical (unpaired) electrons. The van der Waals surface area contributed by atoms with Crippen LogP contribution in [0.2, 0.25) is 5.02 Å². The molecule has 1 aromatic carbocycles. The minimum absolute atomic E-state index is 0. The monoisotopic (exact) mass is 364 g/mol. The molecule has 0 aliphatic carbocycles. The average Bonchev–Trinajstić information content (AvgIpc) is 2.37. The molecule has 0 atom stereocenters. The van der Waals surface area contributed by atoms with Crippen LogP contribution in [-0.4, -0.2) is 25.5 Å². The molecule has 3 nitrogen and oxygen atoms in total. The van der Waals surface area contributed by atoms with Crippen molar-refractivity contribution < 1.29 is 4.79 Å². The van der Waals surface area contributed by atoms with E-state index in [2.05, 4.69) is 32.6 Å².